The quantitative estimate of drug-likeness (QED) is 0.745. The van der Waals surface area contributed by atoms with E-state index in [1.807, 2.05) is 19.9 Å². The third kappa shape index (κ3) is 4.40. The number of anilines is 1. The number of amides is 2. The molecule has 0 saturated carbocycles. The Morgan fingerprint density at radius 2 is 2.29 bits per heavy atom. The summed E-state index contributed by atoms with van der Waals surface area (Å²) in [6, 6.07) is 3.31. The predicted octanol–water partition coefficient (Wildman–Crippen LogP) is 1.67. The summed E-state index contributed by atoms with van der Waals surface area (Å²) in [5.74, 6) is 0.529. The van der Waals surface area contributed by atoms with Crippen LogP contribution in [0.25, 0.3) is 0 Å². The maximum atomic E-state index is 11.6. The maximum Gasteiger partial charge on any atom is 0.320 e. The molecule has 1 aromatic rings. The molecule has 5 heteroatoms. The van der Waals surface area contributed by atoms with Crippen molar-refractivity contribution in [2.24, 2.45) is 0 Å². The van der Waals surface area contributed by atoms with Gasteiger partial charge < -0.3 is 10.4 Å². The summed E-state index contributed by atoms with van der Waals surface area (Å²) in [4.78, 5) is 15.6. The number of urea groups is 1. The predicted molar refractivity (Wildman–Crippen MR) is 66.9 cm³/mol. The van der Waals surface area contributed by atoms with E-state index in [9.17, 15) is 9.90 Å². The molecule has 94 valence electrons. The van der Waals surface area contributed by atoms with Crippen molar-refractivity contribution in [2.75, 3.05) is 11.9 Å². The minimum atomic E-state index is -0.878. The molecule has 17 heavy (non-hydrogen) atoms. The van der Waals surface area contributed by atoms with E-state index in [-0.39, 0.29) is 12.6 Å². The van der Waals surface area contributed by atoms with E-state index >= 15 is 0 Å². The van der Waals surface area contributed by atoms with E-state index in [1.54, 1.807) is 19.2 Å². The zero-order valence-electron chi connectivity index (χ0n) is 10.4. The van der Waals surface area contributed by atoms with Gasteiger partial charge in [-0.05, 0) is 31.9 Å². The van der Waals surface area contributed by atoms with Gasteiger partial charge in [0.15, 0.2) is 0 Å². The fourth-order valence-corrected chi connectivity index (χ4v) is 1.16. The maximum absolute atomic E-state index is 11.6. The molecule has 1 rings (SSSR count). The van der Waals surface area contributed by atoms with Gasteiger partial charge in [-0.25, -0.2) is 9.78 Å². The zero-order chi connectivity index (χ0) is 12.9. The molecular formula is C12H19N3O2. The van der Waals surface area contributed by atoms with Crippen LogP contribution in [0.4, 0.5) is 10.6 Å². The first-order valence-electron chi connectivity index (χ1n) is 5.63. The fraction of sp³-hybridized carbons (Fsp3) is 0.500. The van der Waals surface area contributed by atoms with E-state index in [0.29, 0.717) is 12.2 Å². The van der Waals surface area contributed by atoms with Crippen LogP contribution >= 0.6 is 0 Å². The molecule has 1 atom stereocenters. The summed E-state index contributed by atoms with van der Waals surface area (Å²) in [6.07, 6.45) is 2.20. The van der Waals surface area contributed by atoms with Crippen molar-refractivity contribution < 1.29 is 9.90 Å². The van der Waals surface area contributed by atoms with Crippen molar-refractivity contribution in [3.05, 3.63) is 23.9 Å². The Balaban J connectivity index is 2.48. The third-order valence-corrected chi connectivity index (χ3v) is 2.63. The van der Waals surface area contributed by atoms with Gasteiger partial charge in [0.05, 0.1) is 5.60 Å². The Hall–Kier alpha value is -1.62. The Bertz CT molecular complexity index is 391. The molecule has 0 aliphatic rings. The minimum Gasteiger partial charge on any atom is -0.388 e. The Morgan fingerprint density at radius 1 is 1.59 bits per heavy atom. The van der Waals surface area contributed by atoms with Gasteiger partial charge in [-0.15, -0.1) is 0 Å². The molecule has 0 bridgehead atoms. The summed E-state index contributed by atoms with van der Waals surface area (Å²) in [5, 5.41) is 15.0. The molecule has 0 saturated heterocycles. The summed E-state index contributed by atoms with van der Waals surface area (Å²) in [5.41, 5.74) is 0.0150. The number of aryl methyl sites for hydroxylation is 1. The fourth-order valence-electron chi connectivity index (χ4n) is 1.16. The molecule has 2 amide bonds. The number of carbonyl (C=O) groups is 1. The number of aliphatic hydroxyl groups is 1. The van der Waals surface area contributed by atoms with Gasteiger partial charge in [-0.2, -0.15) is 0 Å². The smallest absolute Gasteiger partial charge is 0.320 e. The van der Waals surface area contributed by atoms with E-state index in [0.717, 1.165) is 5.56 Å². The summed E-state index contributed by atoms with van der Waals surface area (Å²) >= 11 is 0. The highest BCUT2D eigenvalue weighted by molar-refractivity contribution is 5.88. The van der Waals surface area contributed by atoms with Crippen LogP contribution in [0.5, 0.6) is 0 Å². The molecule has 1 aromatic heterocycles. The highest BCUT2D eigenvalue weighted by atomic mass is 16.3. The van der Waals surface area contributed by atoms with Crippen LogP contribution in [0.3, 0.4) is 0 Å². The zero-order valence-corrected chi connectivity index (χ0v) is 10.4. The molecule has 0 radical (unpaired) electrons. The molecule has 1 heterocycles. The second-order valence-corrected chi connectivity index (χ2v) is 4.33. The lowest BCUT2D eigenvalue weighted by Crippen LogP contribution is -2.42. The molecule has 0 unspecified atom stereocenters. The second kappa shape index (κ2) is 5.63. The van der Waals surface area contributed by atoms with Gasteiger partial charge in [-0.3, -0.25) is 5.32 Å². The minimum absolute atomic E-state index is 0.210. The lowest BCUT2D eigenvalue weighted by atomic mass is 10.0. The van der Waals surface area contributed by atoms with Crippen molar-refractivity contribution in [1.29, 1.82) is 0 Å². The van der Waals surface area contributed by atoms with E-state index in [4.69, 9.17) is 0 Å². The SMILES string of the molecule is CC[C@@](C)(O)CNC(=O)Nc1ncccc1C. The molecule has 5 nitrogen and oxygen atoms in total. The molecule has 0 aromatic carbocycles. The van der Waals surface area contributed by atoms with Gasteiger partial charge in [-0.1, -0.05) is 13.0 Å². The normalized spacial score (nSPS) is 13.9. The van der Waals surface area contributed by atoms with Crippen molar-refractivity contribution in [2.45, 2.75) is 32.8 Å². The lowest BCUT2D eigenvalue weighted by Gasteiger charge is -2.21. The number of hydrogen-bond acceptors (Lipinski definition) is 3. The molecular weight excluding hydrogens is 218 g/mol. The molecule has 0 fully saturated rings. The highest BCUT2D eigenvalue weighted by Crippen LogP contribution is 2.09. The van der Waals surface area contributed by atoms with Crippen LogP contribution in [0.1, 0.15) is 25.8 Å². The van der Waals surface area contributed by atoms with Crippen LogP contribution in [-0.2, 0) is 0 Å². The van der Waals surface area contributed by atoms with Gasteiger partial charge in [0.1, 0.15) is 5.82 Å². The average Bonchev–Trinajstić information content (AvgIpc) is 2.30. The lowest BCUT2D eigenvalue weighted by molar-refractivity contribution is 0.0587. The number of rotatable bonds is 4. The van der Waals surface area contributed by atoms with Crippen LogP contribution in [0.15, 0.2) is 18.3 Å². The highest BCUT2D eigenvalue weighted by Gasteiger charge is 2.18. The van der Waals surface area contributed by atoms with Gasteiger partial charge in [0, 0.05) is 12.7 Å². The monoisotopic (exact) mass is 237 g/mol. The standard InChI is InChI=1S/C12H19N3O2/c1-4-12(3,17)8-14-11(16)15-10-9(2)6-5-7-13-10/h5-7,17H,4,8H2,1-3H3,(H2,13,14,15,16)/t12-/m1/s1. The summed E-state index contributed by atoms with van der Waals surface area (Å²) in [7, 11) is 0. The summed E-state index contributed by atoms with van der Waals surface area (Å²) < 4.78 is 0. The molecule has 3 N–H and O–H groups in total. The topological polar surface area (TPSA) is 74.2 Å². The number of hydrogen-bond donors (Lipinski definition) is 3. The van der Waals surface area contributed by atoms with Crippen molar-refractivity contribution in [3.8, 4) is 0 Å². The van der Waals surface area contributed by atoms with Gasteiger partial charge >= 0.3 is 6.03 Å². The number of nitrogens with one attached hydrogen (secondary N) is 2. The van der Waals surface area contributed by atoms with Crippen LogP contribution in [-0.4, -0.2) is 28.3 Å². The number of pyridine rings is 1. The summed E-state index contributed by atoms with van der Waals surface area (Å²) in [6.45, 7) is 5.62. The van der Waals surface area contributed by atoms with E-state index in [1.165, 1.54) is 0 Å². The Kier molecular flexibility index (Phi) is 4.45. The van der Waals surface area contributed by atoms with Crippen LogP contribution in [0, 0.1) is 6.92 Å². The largest absolute Gasteiger partial charge is 0.388 e. The van der Waals surface area contributed by atoms with Crippen molar-refractivity contribution >= 4 is 11.8 Å². The molecule has 0 aliphatic carbocycles. The van der Waals surface area contributed by atoms with Crippen molar-refractivity contribution in [3.63, 3.8) is 0 Å². The molecule has 0 spiro atoms. The first kappa shape index (κ1) is 13.4. The average molecular weight is 237 g/mol. The first-order valence-corrected chi connectivity index (χ1v) is 5.63. The first-order chi connectivity index (χ1) is 7.94. The molecule has 0 aliphatic heterocycles. The Morgan fingerprint density at radius 3 is 2.88 bits per heavy atom. The second-order valence-electron chi connectivity index (χ2n) is 4.33. The number of aromatic nitrogens is 1. The van der Waals surface area contributed by atoms with Crippen LogP contribution in [0.2, 0.25) is 0 Å². The third-order valence-electron chi connectivity index (χ3n) is 2.63. The van der Waals surface area contributed by atoms with Gasteiger partial charge in [0.2, 0.25) is 0 Å². The van der Waals surface area contributed by atoms with E-state index < -0.39 is 5.60 Å². The van der Waals surface area contributed by atoms with Crippen molar-refractivity contribution in [1.82, 2.24) is 10.3 Å². The Labute approximate surface area is 101 Å². The number of nitrogens with zero attached hydrogens (tertiary/aromatic N) is 1. The number of carbonyl (C=O) groups excluding carboxylic acids is 1. The van der Waals surface area contributed by atoms with E-state index in [2.05, 4.69) is 15.6 Å². The van der Waals surface area contributed by atoms with Gasteiger partial charge in [0.25, 0.3) is 0 Å². The van der Waals surface area contributed by atoms with Crippen LogP contribution < -0.4 is 10.6 Å².